The first-order valence-electron chi connectivity index (χ1n) is 27.6. The van der Waals surface area contributed by atoms with E-state index in [1.165, 1.54) is 6.42 Å². The highest BCUT2D eigenvalue weighted by Gasteiger charge is 2.48. The summed E-state index contributed by atoms with van der Waals surface area (Å²) in [6.45, 7) is 1.39. The second kappa shape index (κ2) is 22.1. The monoisotopic (exact) mass is 1160 g/mol. The van der Waals surface area contributed by atoms with Crippen molar-refractivity contribution in [2.75, 3.05) is 0 Å². The van der Waals surface area contributed by atoms with Gasteiger partial charge in [0, 0.05) is 63.0 Å². The number of benzene rings is 3. The van der Waals surface area contributed by atoms with E-state index in [4.69, 9.17) is 97.4 Å². The van der Waals surface area contributed by atoms with Crippen molar-refractivity contribution in [3.63, 3.8) is 0 Å². The van der Waals surface area contributed by atoms with E-state index in [9.17, 15) is 10.2 Å². The number of nitrogens with zero attached hydrogens (tertiary/aromatic N) is 3. The first-order chi connectivity index (χ1) is 37.4. The number of allylic oxidation sites excluding steroid dienone is 1. The average Bonchev–Trinajstić information content (AvgIpc) is 4.26. The van der Waals surface area contributed by atoms with Crippen LogP contribution in [0, 0.1) is 35.5 Å². The van der Waals surface area contributed by atoms with Crippen LogP contribution in [0.1, 0.15) is 142 Å². The van der Waals surface area contributed by atoms with Gasteiger partial charge in [-0.3, -0.25) is 0 Å². The average molecular weight is 1160 g/mol. The number of aromatic nitrogens is 3. The summed E-state index contributed by atoms with van der Waals surface area (Å²) in [7, 11) is 0. The van der Waals surface area contributed by atoms with Gasteiger partial charge in [0.2, 0.25) is 0 Å². The molecule has 0 unspecified atom stereocenters. The summed E-state index contributed by atoms with van der Waals surface area (Å²) >= 11 is 38.4. The highest BCUT2D eigenvalue weighted by molar-refractivity contribution is 6.40. The second-order valence-electron chi connectivity index (χ2n) is 23.2. The minimum Gasteiger partial charge on any atom is -0.393 e. The molecule has 8 fully saturated rings. The fraction of sp³-hybridized carbons (Fsp3) is 0.517. The van der Waals surface area contributed by atoms with Crippen LogP contribution < -0.4 is 0 Å². The number of halogens is 6. The Labute approximate surface area is 478 Å². The maximum atomic E-state index is 10.2. The van der Waals surface area contributed by atoms with Gasteiger partial charge in [0.15, 0.2) is 0 Å². The minimum absolute atomic E-state index is 0.111. The molecule has 2 N–H and O–H groups in total. The Bertz CT molecular complexity index is 3100. The SMILES string of the molecule is Clc1cccc(Cl)c1-c1noc(C2CC2)c1CO[C@H]1C[C@H]2C=C[C@@H]1C2.O[C@@H]1C[C@@H]2C[C@H]1C[C@@H]2OCc1c(-c2c(Cl)cccc2Cl)noc1C1CC1.O[C@H]1C[C@H]2C[C@@H]1[C@@H](OCc1c(-c3c(Cl)cccc3Cl)noc1C1CC1)C2. The third kappa shape index (κ3) is 10.8. The third-order valence-electron chi connectivity index (χ3n) is 17.9. The van der Waals surface area contributed by atoms with Crippen molar-refractivity contribution in [3.8, 4) is 33.8 Å². The molecule has 0 amide bonds. The fourth-order valence-electron chi connectivity index (χ4n) is 13.5. The van der Waals surface area contributed by atoms with Crippen LogP contribution in [0.2, 0.25) is 30.1 Å². The molecule has 15 rings (SSSR count). The largest absolute Gasteiger partial charge is 0.393 e. The predicted molar refractivity (Wildman–Crippen MR) is 297 cm³/mol. The Hall–Kier alpha value is -3.43. The normalized spacial score (nSPS) is 29.3. The summed E-state index contributed by atoms with van der Waals surface area (Å²) in [6.07, 6.45) is 19.9. The van der Waals surface area contributed by atoms with Crippen LogP contribution in [0.4, 0.5) is 0 Å². The van der Waals surface area contributed by atoms with Gasteiger partial charge in [-0.25, -0.2) is 0 Å². The van der Waals surface area contributed by atoms with Gasteiger partial charge < -0.3 is 38.0 Å². The number of hydrogen-bond donors (Lipinski definition) is 2. The number of aliphatic hydroxyl groups is 2. The summed E-state index contributed by atoms with van der Waals surface area (Å²) in [4.78, 5) is 0. The molecule has 11 atom stereocenters. The van der Waals surface area contributed by atoms with E-state index in [0.717, 1.165) is 129 Å². The van der Waals surface area contributed by atoms with E-state index < -0.39 is 0 Å². The van der Waals surface area contributed by atoms with Crippen molar-refractivity contribution in [2.45, 2.75) is 158 Å². The van der Waals surface area contributed by atoms with Crippen molar-refractivity contribution in [2.24, 2.45) is 35.5 Å². The van der Waals surface area contributed by atoms with Crippen LogP contribution in [0.3, 0.4) is 0 Å². The molecule has 9 aliphatic rings. The fourth-order valence-corrected chi connectivity index (χ4v) is 15.2. The zero-order valence-electron chi connectivity index (χ0n) is 42.4. The smallest absolute Gasteiger partial charge is 0.145 e. The molecule has 0 radical (unpaired) electrons. The first kappa shape index (κ1) is 52.9. The molecule has 8 saturated carbocycles. The van der Waals surface area contributed by atoms with Crippen molar-refractivity contribution in [1.29, 1.82) is 0 Å². The quantitative estimate of drug-likeness (QED) is 0.0948. The van der Waals surface area contributed by atoms with Crippen LogP contribution in [-0.4, -0.2) is 56.2 Å². The van der Waals surface area contributed by atoms with E-state index >= 15 is 0 Å². The molecule has 11 nitrogen and oxygen atoms in total. The van der Waals surface area contributed by atoms with E-state index in [2.05, 4.69) is 27.6 Å². The third-order valence-corrected chi connectivity index (χ3v) is 19.8. The minimum atomic E-state index is -0.221. The molecule has 3 heterocycles. The molecule has 6 bridgehead atoms. The Kier molecular flexibility index (Phi) is 15.2. The van der Waals surface area contributed by atoms with E-state index in [-0.39, 0.29) is 30.3 Å². The molecule has 6 aromatic rings. The zero-order valence-corrected chi connectivity index (χ0v) is 46.9. The summed E-state index contributed by atoms with van der Waals surface area (Å²) < 4.78 is 35.9. The van der Waals surface area contributed by atoms with Gasteiger partial charge in [-0.2, -0.15) is 0 Å². The molecular weight excluding hydrogens is 1100 g/mol. The Morgan fingerprint density at radius 1 is 0.442 bits per heavy atom. The van der Waals surface area contributed by atoms with Gasteiger partial charge in [-0.1, -0.05) is 115 Å². The Morgan fingerprint density at radius 3 is 1.23 bits per heavy atom. The van der Waals surface area contributed by atoms with Gasteiger partial charge >= 0.3 is 0 Å². The second-order valence-corrected chi connectivity index (χ2v) is 25.6. The Balaban J connectivity index is 0.000000110. The molecule has 17 heteroatoms. The lowest BCUT2D eigenvalue weighted by Crippen LogP contribution is -2.30. The van der Waals surface area contributed by atoms with Gasteiger partial charge in [0.05, 0.1) is 80.5 Å². The molecule has 0 aliphatic heterocycles. The van der Waals surface area contributed by atoms with Crippen molar-refractivity contribution >= 4 is 69.6 Å². The predicted octanol–water partition coefficient (Wildman–Crippen LogP) is 16.4. The van der Waals surface area contributed by atoms with Crippen molar-refractivity contribution in [3.05, 3.63) is 131 Å². The molecule has 0 saturated heterocycles. The van der Waals surface area contributed by atoms with Gasteiger partial charge in [0.25, 0.3) is 0 Å². The zero-order chi connectivity index (χ0) is 52.6. The molecule has 0 spiro atoms. The molecule has 77 heavy (non-hydrogen) atoms. The van der Waals surface area contributed by atoms with Crippen LogP contribution in [0.5, 0.6) is 0 Å². The van der Waals surface area contributed by atoms with Crippen molar-refractivity contribution < 1.29 is 38.0 Å². The molecule has 3 aromatic carbocycles. The summed E-state index contributed by atoms with van der Waals surface area (Å²) in [5, 5.41) is 36.5. The van der Waals surface area contributed by atoms with E-state index in [1.807, 2.05) is 54.6 Å². The molecule has 3 aromatic heterocycles. The maximum absolute atomic E-state index is 10.2. The van der Waals surface area contributed by atoms with Crippen LogP contribution in [0.25, 0.3) is 33.8 Å². The number of ether oxygens (including phenoxy) is 3. The lowest BCUT2D eigenvalue weighted by atomic mass is 9.95. The van der Waals surface area contributed by atoms with Gasteiger partial charge in [0.1, 0.15) is 34.4 Å². The standard InChI is InChI=1S/2C20H21Cl2NO3.C20H19Cl2NO2/c21-14-2-1-3-15(22)18(14)19-13(20(26-23-19)11-4-5-11)9-25-17-8-10-6-12(17)16(24)7-10;21-14-2-1-3-15(22)18(14)19-13(20(26-23-19)10-4-5-10)9-25-17-8-11-6-12(17)7-16(11)24;21-15-2-1-3-16(22)18(15)19-14(20(25-23-19)12-6-7-12)10-24-17-9-11-4-5-13(17)8-11/h2*1-3,10-12,16-17,24H,4-9H2;1-5,11-13,17H,6-10H2/t10-,12+,16+,17+;11-,12-,16+,17-;11-,13+,17-/m100/s1. The first-order valence-corrected chi connectivity index (χ1v) is 29.9. The highest BCUT2D eigenvalue weighted by Crippen LogP contribution is 2.52. The van der Waals surface area contributed by atoms with Crippen LogP contribution >= 0.6 is 69.6 Å². The number of fused-ring (bicyclic) bond motifs is 6. The Morgan fingerprint density at radius 2 is 0.883 bits per heavy atom. The summed E-state index contributed by atoms with van der Waals surface area (Å²) in [5.41, 5.74) is 7.24. The lowest BCUT2D eigenvalue weighted by Gasteiger charge is -2.26. The number of rotatable bonds is 15. The maximum Gasteiger partial charge on any atom is 0.145 e. The molecule has 406 valence electrons. The van der Waals surface area contributed by atoms with Crippen LogP contribution in [0.15, 0.2) is 80.3 Å². The number of hydrogen-bond acceptors (Lipinski definition) is 11. The topological polar surface area (TPSA) is 146 Å². The summed E-state index contributed by atoms with van der Waals surface area (Å²) in [5.74, 6) is 7.04. The summed E-state index contributed by atoms with van der Waals surface area (Å²) in [6, 6.07) is 16.4. The lowest BCUT2D eigenvalue weighted by molar-refractivity contribution is -0.0393. The van der Waals surface area contributed by atoms with E-state index in [0.29, 0.717) is 126 Å². The van der Waals surface area contributed by atoms with Gasteiger partial charge in [-0.15, -0.1) is 0 Å². The number of aliphatic hydroxyl groups excluding tert-OH is 2. The highest BCUT2D eigenvalue weighted by atomic mass is 35.5. The van der Waals surface area contributed by atoms with E-state index in [1.54, 1.807) is 0 Å². The van der Waals surface area contributed by atoms with Gasteiger partial charge in [-0.05, 0) is 150 Å². The van der Waals surface area contributed by atoms with Crippen molar-refractivity contribution in [1.82, 2.24) is 15.5 Å². The molecule has 9 aliphatic carbocycles. The van der Waals surface area contributed by atoms with Crippen LogP contribution in [-0.2, 0) is 34.0 Å². The molecular formula is C60H61Cl6N3O8.